The highest BCUT2D eigenvalue weighted by Crippen LogP contribution is 2.45. The molecule has 1 fully saturated rings. The van der Waals surface area contributed by atoms with E-state index in [2.05, 4.69) is 46.7 Å². The lowest BCUT2D eigenvalue weighted by Gasteiger charge is -2.35. The fraction of sp³-hybridized carbons (Fsp3) is 0.476. The molecular formula is C21H25N2S+. The number of benzene rings is 1. The van der Waals surface area contributed by atoms with Crippen LogP contribution in [0.4, 0.5) is 0 Å². The Balaban J connectivity index is 1.63. The van der Waals surface area contributed by atoms with Gasteiger partial charge in [-0.1, -0.05) is 23.5 Å². The predicted octanol–water partition coefficient (Wildman–Crippen LogP) is 4.90. The van der Waals surface area contributed by atoms with Gasteiger partial charge in [0.15, 0.2) is 0 Å². The first-order chi connectivity index (χ1) is 11.8. The number of fused-ring (bicyclic) bond motifs is 3. The largest absolute Gasteiger partial charge is 0.371 e. The van der Waals surface area contributed by atoms with E-state index in [1.54, 1.807) is 16.8 Å². The molecule has 3 heteroatoms. The van der Waals surface area contributed by atoms with Crippen molar-refractivity contribution in [2.24, 2.45) is 0 Å². The Labute approximate surface area is 148 Å². The van der Waals surface area contributed by atoms with Gasteiger partial charge in [0.1, 0.15) is 11.2 Å². The first-order valence-corrected chi connectivity index (χ1v) is 10.3. The van der Waals surface area contributed by atoms with Crippen LogP contribution < -0.4 is 4.57 Å². The van der Waals surface area contributed by atoms with Crippen molar-refractivity contribution in [3.63, 3.8) is 0 Å². The van der Waals surface area contributed by atoms with Crippen LogP contribution in [0.5, 0.6) is 0 Å². The molecule has 3 aliphatic rings. The summed E-state index contributed by atoms with van der Waals surface area (Å²) in [5.41, 5.74) is 6.41. The second-order valence-electron chi connectivity index (χ2n) is 7.29. The van der Waals surface area contributed by atoms with Crippen molar-refractivity contribution in [2.75, 3.05) is 6.54 Å². The Bertz CT molecular complexity index is 858. The van der Waals surface area contributed by atoms with Crippen LogP contribution >= 0.6 is 11.3 Å². The molecule has 2 nitrogen and oxygen atoms in total. The summed E-state index contributed by atoms with van der Waals surface area (Å²) >= 11 is 1.95. The fourth-order valence-corrected chi connectivity index (χ4v) is 6.15. The van der Waals surface area contributed by atoms with E-state index in [1.807, 2.05) is 11.3 Å². The van der Waals surface area contributed by atoms with Gasteiger partial charge in [-0.25, -0.2) is 0 Å². The highest BCUT2D eigenvalue weighted by atomic mass is 32.1. The minimum atomic E-state index is 0.776. The topological polar surface area (TPSA) is 7.12 Å². The number of allylic oxidation sites excluding steroid dienone is 2. The molecular weight excluding hydrogens is 312 g/mol. The third-order valence-corrected chi connectivity index (χ3v) is 7.12. The lowest BCUT2D eigenvalue weighted by atomic mass is 9.92. The van der Waals surface area contributed by atoms with E-state index in [4.69, 9.17) is 0 Å². The maximum absolute atomic E-state index is 2.75. The summed E-state index contributed by atoms with van der Waals surface area (Å²) in [6.45, 7) is 4.61. The smallest absolute Gasteiger partial charge is 0.263 e. The van der Waals surface area contributed by atoms with E-state index in [-0.39, 0.29) is 0 Å². The quantitative estimate of drug-likeness (QED) is 0.707. The monoisotopic (exact) mass is 337 g/mol. The number of para-hydroxylation sites is 1. The molecule has 2 aliphatic heterocycles. The van der Waals surface area contributed by atoms with Crippen LogP contribution in [0, 0.1) is 0 Å². The molecule has 0 saturated carbocycles. The zero-order chi connectivity index (χ0) is 16.1. The summed E-state index contributed by atoms with van der Waals surface area (Å²) in [6.07, 6.45) is 10.5. The fourth-order valence-electron chi connectivity index (χ4n) is 4.95. The predicted molar refractivity (Wildman–Crippen MR) is 101 cm³/mol. The molecule has 124 valence electrons. The Morgan fingerprint density at radius 3 is 3.08 bits per heavy atom. The van der Waals surface area contributed by atoms with Crippen molar-refractivity contribution in [1.29, 1.82) is 0 Å². The lowest BCUT2D eigenvalue weighted by molar-refractivity contribution is -0.665. The van der Waals surface area contributed by atoms with Gasteiger partial charge in [-0.3, -0.25) is 0 Å². The maximum Gasteiger partial charge on any atom is 0.263 e. The minimum absolute atomic E-state index is 0.776. The molecule has 1 unspecified atom stereocenters. The van der Waals surface area contributed by atoms with Gasteiger partial charge in [-0.2, -0.15) is 4.57 Å². The minimum Gasteiger partial charge on any atom is -0.371 e. The molecule has 5 rings (SSSR count). The molecule has 24 heavy (non-hydrogen) atoms. The van der Waals surface area contributed by atoms with E-state index in [1.165, 1.54) is 60.3 Å². The van der Waals surface area contributed by atoms with Gasteiger partial charge in [0.25, 0.3) is 5.01 Å². The van der Waals surface area contributed by atoms with E-state index in [9.17, 15) is 0 Å². The number of aromatic nitrogens is 1. The lowest BCUT2D eigenvalue weighted by Crippen LogP contribution is -2.35. The highest BCUT2D eigenvalue weighted by molar-refractivity contribution is 7.18. The molecule has 2 aromatic rings. The average molecular weight is 338 g/mol. The van der Waals surface area contributed by atoms with Crippen molar-refractivity contribution in [1.82, 2.24) is 4.90 Å². The summed E-state index contributed by atoms with van der Waals surface area (Å²) in [5.74, 6) is 0. The third-order valence-electron chi connectivity index (χ3n) is 6.01. The van der Waals surface area contributed by atoms with Crippen molar-refractivity contribution in [3.05, 3.63) is 46.1 Å². The molecule has 1 aromatic heterocycles. The number of nitrogens with zero attached hydrogens (tertiary/aromatic N) is 2. The van der Waals surface area contributed by atoms with Crippen LogP contribution in [-0.4, -0.2) is 17.5 Å². The van der Waals surface area contributed by atoms with Crippen molar-refractivity contribution >= 4 is 27.6 Å². The summed E-state index contributed by atoms with van der Waals surface area (Å²) in [5, 5.41) is 1.43. The molecule has 0 N–H and O–H groups in total. The Morgan fingerprint density at radius 2 is 2.17 bits per heavy atom. The van der Waals surface area contributed by atoms with Crippen LogP contribution in [0.2, 0.25) is 0 Å². The number of hydrogen-bond acceptors (Lipinski definition) is 2. The molecule has 1 atom stereocenters. The molecule has 0 radical (unpaired) electrons. The standard InChI is InChI=1S/C21H25N2S/c1-2-22-19-9-3-4-11-20(19)24-21(22)14-15-13-16-7-6-12-23(16)18-10-5-8-17(15)18/h3-4,9,11,14,16H,2,5-8,10,12-13H2,1H3/q+1. The number of aryl methyl sites for hydroxylation is 1. The Kier molecular flexibility index (Phi) is 3.51. The van der Waals surface area contributed by atoms with Gasteiger partial charge in [0, 0.05) is 30.4 Å². The zero-order valence-corrected chi connectivity index (χ0v) is 15.2. The van der Waals surface area contributed by atoms with Crippen LogP contribution in [0.15, 0.2) is 41.1 Å². The SMILES string of the molecule is CC[n+]1c(C=C2CC3CCCN3C3=C2CCC3)sc2ccccc21. The molecule has 3 heterocycles. The van der Waals surface area contributed by atoms with E-state index < -0.39 is 0 Å². The Morgan fingerprint density at radius 1 is 1.25 bits per heavy atom. The second-order valence-corrected chi connectivity index (χ2v) is 8.36. The van der Waals surface area contributed by atoms with Crippen LogP contribution in [0.1, 0.15) is 50.5 Å². The summed E-state index contributed by atoms with van der Waals surface area (Å²) in [4.78, 5) is 2.75. The second kappa shape index (κ2) is 5.73. The molecule has 0 spiro atoms. The zero-order valence-electron chi connectivity index (χ0n) is 14.4. The van der Waals surface area contributed by atoms with Gasteiger partial charge in [-0.15, -0.1) is 0 Å². The summed E-state index contributed by atoms with van der Waals surface area (Å²) < 4.78 is 3.90. The van der Waals surface area contributed by atoms with E-state index in [0.29, 0.717) is 0 Å². The van der Waals surface area contributed by atoms with Crippen molar-refractivity contribution in [2.45, 2.75) is 58.0 Å². The molecule has 1 aromatic carbocycles. The summed E-state index contributed by atoms with van der Waals surface area (Å²) in [6, 6.07) is 9.61. The van der Waals surface area contributed by atoms with Gasteiger partial charge in [0.05, 0.1) is 0 Å². The maximum atomic E-state index is 2.75. The highest BCUT2D eigenvalue weighted by Gasteiger charge is 2.36. The van der Waals surface area contributed by atoms with Gasteiger partial charge >= 0.3 is 0 Å². The van der Waals surface area contributed by atoms with Crippen molar-refractivity contribution in [3.8, 4) is 0 Å². The number of rotatable bonds is 2. The van der Waals surface area contributed by atoms with Crippen LogP contribution in [-0.2, 0) is 6.54 Å². The molecule has 1 aliphatic carbocycles. The van der Waals surface area contributed by atoms with E-state index >= 15 is 0 Å². The first-order valence-electron chi connectivity index (χ1n) is 9.46. The molecule has 0 bridgehead atoms. The Hall–Kier alpha value is -1.61. The average Bonchev–Trinajstić information content (AvgIpc) is 3.31. The normalized spacial score (nSPS) is 25.0. The molecule has 1 saturated heterocycles. The van der Waals surface area contributed by atoms with Gasteiger partial charge in [-0.05, 0) is 62.7 Å². The summed E-state index contributed by atoms with van der Waals surface area (Å²) in [7, 11) is 0. The van der Waals surface area contributed by atoms with Crippen LogP contribution in [0.3, 0.4) is 0 Å². The third kappa shape index (κ3) is 2.17. The van der Waals surface area contributed by atoms with Gasteiger partial charge < -0.3 is 4.90 Å². The number of hydrogen-bond donors (Lipinski definition) is 0. The van der Waals surface area contributed by atoms with E-state index in [0.717, 1.165) is 12.6 Å². The number of thiazole rings is 1. The van der Waals surface area contributed by atoms with Gasteiger partial charge in [0.2, 0.25) is 5.52 Å². The first kappa shape index (κ1) is 14.7. The molecule has 0 amide bonds. The van der Waals surface area contributed by atoms with Crippen molar-refractivity contribution < 1.29 is 4.57 Å². The van der Waals surface area contributed by atoms with Crippen LogP contribution in [0.25, 0.3) is 16.3 Å².